The predicted molar refractivity (Wildman–Crippen MR) is 45.8 cm³/mol. The van der Waals surface area contributed by atoms with Crippen LogP contribution >= 0.6 is 0 Å². The van der Waals surface area contributed by atoms with Crippen molar-refractivity contribution in [2.45, 2.75) is 0 Å². The molecule has 1 aromatic heterocycles. The minimum atomic E-state index is -0.984. The monoisotopic (exact) mass is 182 g/mol. The van der Waals surface area contributed by atoms with E-state index >= 15 is 0 Å². The van der Waals surface area contributed by atoms with E-state index in [1.165, 1.54) is 12.3 Å². The lowest BCUT2D eigenvalue weighted by Gasteiger charge is -1.83. The first-order valence-electron chi connectivity index (χ1n) is 3.67. The molecule has 0 atom stereocenters. The van der Waals surface area contributed by atoms with E-state index < -0.39 is 5.97 Å². The number of carboxylic acids is 1. The van der Waals surface area contributed by atoms with Crippen LogP contribution in [0, 0.1) is 0 Å². The van der Waals surface area contributed by atoms with Crippen molar-refractivity contribution in [3.8, 4) is 0 Å². The van der Waals surface area contributed by atoms with Gasteiger partial charge in [0.15, 0.2) is 0 Å². The summed E-state index contributed by atoms with van der Waals surface area (Å²) < 4.78 is 0. The highest BCUT2D eigenvalue weighted by Crippen LogP contribution is 1.87. The summed E-state index contributed by atoms with van der Waals surface area (Å²) in [6, 6.07) is 1.39. The number of nitrogens with zero attached hydrogens (tertiary/aromatic N) is 1. The number of hydrogen-bond acceptors (Lipinski definition) is 4. The summed E-state index contributed by atoms with van der Waals surface area (Å²) in [5.41, 5.74) is 5.77. The van der Waals surface area contributed by atoms with Crippen molar-refractivity contribution in [3.63, 3.8) is 0 Å². The highest BCUT2D eigenvalue weighted by molar-refractivity contribution is 5.84. The van der Waals surface area contributed by atoms with Crippen LogP contribution in [0.2, 0.25) is 0 Å². The van der Waals surface area contributed by atoms with Crippen LogP contribution in [0.1, 0.15) is 10.5 Å². The number of nitrogens with one attached hydrogen (secondary N) is 3. The molecule has 0 unspecified atom stereocenters. The number of aromatic nitrogens is 2. The second kappa shape index (κ2) is 4.94. The van der Waals surface area contributed by atoms with Crippen LogP contribution in [0.4, 0.5) is 0 Å². The molecule has 0 fully saturated rings. The summed E-state index contributed by atoms with van der Waals surface area (Å²) in [4.78, 5) is 9.99. The summed E-state index contributed by atoms with van der Waals surface area (Å²) in [6.45, 7) is 0.958. The molecular formula is C7H10N4O2. The van der Waals surface area contributed by atoms with E-state index in [1.807, 2.05) is 12.3 Å². The predicted octanol–water partition coefficient (Wildman–Crippen LogP) is -0.284. The molecule has 0 aliphatic carbocycles. The van der Waals surface area contributed by atoms with Gasteiger partial charge in [-0.3, -0.25) is 5.10 Å². The fraction of sp³-hybridized carbons (Fsp3) is 0.143. The molecule has 4 N–H and O–H groups in total. The lowest BCUT2D eigenvalue weighted by Crippen LogP contribution is -2.19. The Balaban J connectivity index is 0.000000145. The molecule has 6 nitrogen and oxygen atoms in total. The third-order valence-electron chi connectivity index (χ3n) is 1.25. The van der Waals surface area contributed by atoms with Crippen molar-refractivity contribution < 1.29 is 9.90 Å². The first-order chi connectivity index (χ1) is 6.30. The Kier molecular flexibility index (Phi) is 3.52. The van der Waals surface area contributed by atoms with Crippen LogP contribution in [-0.4, -0.2) is 27.8 Å². The molecule has 0 aromatic carbocycles. The van der Waals surface area contributed by atoms with Crippen molar-refractivity contribution in [2.24, 2.45) is 0 Å². The molecule has 1 aromatic rings. The summed E-state index contributed by atoms with van der Waals surface area (Å²) in [5.74, 6) is -0.984. The van der Waals surface area contributed by atoms with Gasteiger partial charge in [0.2, 0.25) is 0 Å². The van der Waals surface area contributed by atoms with E-state index in [-0.39, 0.29) is 5.69 Å². The Morgan fingerprint density at radius 2 is 2.46 bits per heavy atom. The molecule has 13 heavy (non-hydrogen) atoms. The highest BCUT2D eigenvalue weighted by atomic mass is 16.4. The zero-order valence-corrected chi connectivity index (χ0v) is 6.82. The Morgan fingerprint density at radius 1 is 1.62 bits per heavy atom. The fourth-order valence-electron chi connectivity index (χ4n) is 0.670. The number of aromatic carboxylic acids is 1. The molecule has 6 heteroatoms. The first-order valence-corrected chi connectivity index (χ1v) is 3.67. The normalized spacial score (nSPS) is 12.9. The number of rotatable bonds is 1. The van der Waals surface area contributed by atoms with Crippen LogP contribution < -0.4 is 10.9 Å². The summed E-state index contributed by atoms with van der Waals surface area (Å²) >= 11 is 0. The molecule has 0 spiro atoms. The van der Waals surface area contributed by atoms with Gasteiger partial charge in [0.1, 0.15) is 5.69 Å². The Bertz CT molecular complexity index is 275. The number of carboxylic acid groups (broad SMARTS) is 1. The van der Waals surface area contributed by atoms with Gasteiger partial charge in [-0.25, -0.2) is 10.2 Å². The fourth-order valence-corrected chi connectivity index (χ4v) is 0.670. The molecule has 0 saturated heterocycles. The van der Waals surface area contributed by atoms with Gasteiger partial charge in [0.25, 0.3) is 0 Å². The van der Waals surface area contributed by atoms with Gasteiger partial charge in [-0.1, -0.05) is 6.08 Å². The molecule has 0 saturated carbocycles. The van der Waals surface area contributed by atoms with Crippen molar-refractivity contribution >= 4 is 5.97 Å². The van der Waals surface area contributed by atoms with E-state index in [1.54, 1.807) is 0 Å². The Hall–Kier alpha value is -1.82. The van der Waals surface area contributed by atoms with Gasteiger partial charge in [-0.2, -0.15) is 5.10 Å². The van der Waals surface area contributed by atoms with E-state index in [0.29, 0.717) is 0 Å². The van der Waals surface area contributed by atoms with Gasteiger partial charge in [-0.15, -0.1) is 0 Å². The van der Waals surface area contributed by atoms with Crippen LogP contribution in [0.15, 0.2) is 24.5 Å². The van der Waals surface area contributed by atoms with Crippen molar-refractivity contribution in [1.29, 1.82) is 0 Å². The lowest BCUT2D eigenvalue weighted by molar-refractivity contribution is 0.0690. The standard InChI is InChI=1S/C4H4N2O2.C3H6N2/c7-4(8)3-1-2-5-6-3;1-2-4-5-3-1/h1-2H,(H,5,6)(H,7,8);1-2,4-5H,3H2. The summed E-state index contributed by atoms with van der Waals surface area (Å²) in [6.07, 6.45) is 5.28. The molecular weight excluding hydrogens is 172 g/mol. The van der Waals surface area contributed by atoms with Crippen molar-refractivity contribution in [1.82, 2.24) is 21.0 Å². The number of hydrogen-bond donors (Lipinski definition) is 4. The largest absolute Gasteiger partial charge is 0.477 e. The van der Waals surface area contributed by atoms with Gasteiger partial charge in [-0.05, 0) is 6.07 Å². The third kappa shape index (κ3) is 3.39. The topological polar surface area (TPSA) is 90.0 Å². The Labute approximate surface area is 74.6 Å². The van der Waals surface area contributed by atoms with E-state index in [9.17, 15) is 4.79 Å². The SMILES string of the molecule is C1=CNNC1.O=C(O)c1ccn[nH]1. The number of carbonyl (C=O) groups is 1. The molecule has 1 aliphatic heterocycles. The van der Waals surface area contributed by atoms with Crippen LogP contribution in [0.3, 0.4) is 0 Å². The number of hydrazine groups is 1. The third-order valence-corrected chi connectivity index (χ3v) is 1.25. The van der Waals surface area contributed by atoms with Gasteiger partial charge in [0.05, 0.1) is 0 Å². The van der Waals surface area contributed by atoms with E-state index in [0.717, 1.165) is 6.54 Å². The first kappa shape index (κ1) is 9.27. The van der Waals surface area contributed by atoms with Crippen LogP contribution in [0.5, 0.6) is 0 Å². The van der Waals surface area contributed by atoms with E-state index in [2.05, 4.69) is 21.0 Å². The van der Waals surface area contributed by atoms with Crippen molar-refractivity contribution in [2.75, 3.05) is 6.54 Å². The molecule has 2 heterocycles. The van der Waals surface area contributed by atoms with Gasteiger partial charge >= 0.3 is 5.97 Å². The van der Waals surface area contributed by atoms with Crippen LogP contribution in [0.25, 0.3) is 0 Å². The van der Waals surface area contributed by atoms with Crippen LogP contribution in [-0.2, 0) is 0 Å². The smallest absolute Gasteiger partial charge is 0.353 e. The molecule has 0 amide bonds. The van der Waals surface area contributed by atoms with Gasteiger partial charge in [0, 0.05) is 18.9 Å². The van der Waals surface area contributed by atoms with Gasteiger partial charge < -0.3 is 10.5 Å². The quantitative estimate of drug-likeness (QED) is 0.479. The van der Waals surface area contributed by atoms with Crippen molar-refractivity contribution in [3.05, 3.63) is 30.2 Å². The average Bonchev–Trinajstić information content (AvgIpc) is 2.82. The molecule has 1 aliphatic rings. The maximum Gasteiger partial charge on any atom is 0.353 e. The number of H-pyrrole nitrogens is 1. The molecule has 0 radical (unpaired) electrons. The second-order valence-electron chi connectivity index (χ2n) is 2.20. The number of aromatic amines is 1. The lowest BCUT2D eigenvalue weighted by atomic mass is 10.5. The Morgan fingerprint density at radius 3 is 2.69 bits per heavy atom. The molecule has 70 valence electrons. The summed E-state index contributed by atoms with van der Waals surface area (Å²) in [5, 5.41) is 13.9. The molecule has 2 rings (SSSR count). The minimum absolute atomic E-state index is 0.116. The average molecular weight is 182 g/mol. The molecule has 0 bridgehead atoms. The minimum Gasteiger partial charge on any atom is -0.477 e. The van der Waals surface area contributed by atoms with E-state index in [4.69, 9.17) is 5.11 Å². The summed E-state index contributed by atoms with van der Waals surface area (Å²) in [7, 11) is 0. The zero-order valence-electron chi connectivity index (χ0n) is 6.82. The maximum atomic E-state index is 9.99. The zero-order chi connectivity index (χ0) is 9.52. The highest BCUT2D eigenvalue weighted by Gasteiger charge is 1.99. The second-order valence-corrected chi connectivity index (χ2v) is 2.20. The maximum absolute atomic E-state index is 9.99.